The van der Waals surface area contributed by atoms with Crippen LogP contribution in [0.4, 0.5) is 13.2 Å². The van der Waals surface area contributed by atoms with Crippen molar-refractivity contribution in [1.82, 2.24) is 4.98 Å². The molecule has 0 N–H and O–H groups in total. The molecule has 0 fully saturated rings. The quantitative estimate of drug-likeness (QED) is 0.695. The van der Waals surface area contributed by atoms with Gasteiger partial charge < -0.3 is 0 Å². The van der Waals surface area contributed by atoms with Gasteiger partial charge in [-0.3, -0.25) is 0 Å². The van der Waals surface area contributed by atoms with E-state index in [4.69, 9.17) is 33.9 Å². The van der Waals surface area contributed by atoms with Gasteiger partial charge in [0.1, 0.15) is 10.8 Å². The Balaban J connectivity index is 3.30. The second-order valence-electron chi connectivity index (χ2n) is 2.19. The van der Waals surface area contributed by atoms with Crippen molar-refractivity contribution >= 4 is 44.9 Å². The summed E-state index contributed by atoms with van der Waals surface area (Å²) in [6.07, 6.45) is -4.56. The van der Waals surface area contributed by atoms with Crippen molar-refractivity contribution in [1.29, 1.82) is 0 Å². The number of alkyl halides is 3. The Morgan fingerprint density at radius 1 is 1.29 bits per heavy atom. The fourth-order valence-corrected chi connectivity index (χ4v) is 1.94. The maximum Gasteiger partial charge on any atom is 0.433 e. The third-order valence-corrected chi connectivity index (χ3v) is 3.11. The third-order valence-electron chi connectivity index (χ3n) is 1.26. The minimum Gasteiger partial charge on any atom is -0.230 e. The highest BCUT2D eigenvalue weighted by molar-refractivity contribution is 8.21. The topological polar surface area (TPSA) is 12.9 Å². The molecule has 0 amide bonds. The molecule has 0 radical (unpaired) electrons. The lowest BCUT2D eigenvalue weighted by Crippen LogP contribution is -2.08. The van der Waals surface area contributed by atoms with E-state index in [1.807, 2.05) is 0 Å². The summed E-state index contributed by atoms with van der Waals surface area (Å²) in [5.74, 6) is 0. The zero-order valence-corrected chi connectivity index (χ0v) is 9.28. The lowest BCUT2D eigenvalue weighted by Gasteiger charge is -2.08. The van der Waals surface area contributed by atoms with Crippen LogP contribution >= 0.6 is 44.9 Å². The summed E-state index contributed by atoms with van der Waals surface area (Å²) < 4.78 is 36.6. The molecular weight excluding hydrogens is 281 g/mol. The van der Waals surface area contributed by atoms with Gasteiger partial charge in [0, 0.05) is 4.90 Å². The number of nitrogens with zero attached hydrogens (tertiary/aromatic N) is 1. The first-order valence-corrected chi connectivity index (χ1v) is 5.48. The predicted molar refractivity (Wildman–Crippen MR) is 51.0 cm³/mol. The van der Waals surface area contributed by atoms with E-state index < -0.39 is 17.0 Å². The first kappa shape index (κ1) is 12.2. The van der Waals surface area contributed by atoms with Crippen LogP contribution in [0.2, 0.25) is 10.2 Å². The van der Waals surface area contributed by atoms with E-state index in [9.17, 15) is 13.2 Å². The Kier molecular flexibility index (Phi) is 3.80. The molecule has 1 aromatic rings. The van der Waals surface area contributed by atoms with Crippen molar-refractivity contribution in [3.05, 3.63) is 21.9 Å². The molecule has 0 aliphatic rings. The minimum absolute atomic E-state index is 0.0284. The van der Waals surface area contributed by atoms with Gasteiger partial charge in [-0.25, -0.2) is 4.98 Å². The number of halogens is 6. The van der Waals surface area contributed by atoms with Crippen molar-refractivity contribution in [2.24, 2.45) is 0 Å². The second-order valence-corrected chi connectivity index (χ2v) is 3.98. The molecule has 8 heteroatoms. The summed E-state index contributed by atoms with van der Waals surface area (Å²) in [4.78, 5) is 3.12. The summed E-state index contributed by atoms with van der Waals surface area (Å²) >= 11 is 10.9. The average molecular weight is 283 g/mol. The van der Waals surface area contributed by atoms with E-state index in [1.165, 1.54) is 0 Å². The SMILES string of the molecule is FC(F)(F)c1cc(SCl)c(Cl)c(Cl)n1. The molecule has 1 aromatic heterocycles. The van der Waals surface area contributed by atoms with Gasteiger partial charge in [-0.05, 0) is 27.7 Å². The molecule has 0 aromatic carbocycles. The smallest absolute Gasteiger partial charge is 0.230 e. The number of hydrogen-bond acceptors (Lipinski definition) is 2. The van der Waals surface area contributed by atoms with Gasteiger partial charge in [0.25, 0.3) is 0 Å². The lowest BCUT2D eigenvalue weighted by molar-refractivity contribution is -0.141. The van der Waals surface area contributed by atoms with E-state index in [2.05, 4.69) is 4.98 Å². The molecular formula is C6HCl3F3NS. The standard InChI is InChI=1S/C6HCl3F3NS/c7-4-2(14-9)1-3(6(10,11)12)13-5(4)8/h1H. The highest BCUT2D eigenvalue weighted by atomic mass is 35.7. The van der Waals surface area contributed by atoms with Crippen molar-refractivity contribution in [2.45, 2.75) is 11.1 Å². The van der Waals surface area contributed by atoms with Gasteiger partial charge in [0.2, 0.25) is 0 Å². The van der Waals surface area contributed by atoms with Crippen molar-refractivity contribution in [3.63, 3.8) is 0 Å². The van der Waals surface area contributed by atoms with Crippen molar-refractivity contribution in [2.75, 3.05) is 0 Å². The summed E-state index contributed by atoms with van der Waals surface area (Å²) in [5, 5.41) is -0.496. The molecule has 0 saturated heterocycles. The van der Waals surface area contributed by atoms with Crippen LogP contribution in [-0.4, -0.2) is 4.98 Å². The second kappa shape index (κ2) is 4.35. The van der Waals surface area contributed by atoms with Gasteiger partial charge in [-0.15, -0.1) is 0 Å². The largest absolute Gasteiger partial charge is 0.433 e. The van der Waals surface area contributed by atoms with Crippen LogP contribution in [-0.2, 0) is 6.18 Å². The van der Waals surface area contributed by atoms with E-state index >= 15 is 0 Å². The Morgan fingerprint density at radius 2 is 1.86 bits per heavy atom. The zero-order chi connectivity index (χ0) is 10.9. The van der Waals surface area contributed by atoms with Crippen LogP contribution in [0.3, 0.4) is 0 Å². The zero-order valence-electron chi connectivity index (χ0n) is 6.20. The van der Waals surface area contributed by atoms with Crippen molar-refractivity contribution < 1.29 is 13.2 Å². The van der Waals surface area contributed by atoms with Crippen LogP contribution < -0.4 is 0 Å². The number of hydrogen-bond donors (Lipinski definition) is 0. The fraction of sp³-hybridized carbons (Fsp3) is 0.167. The molecule has 0 atom stereocenters. The molecule has 1 rings (SSSR count). The molecule has 1 heterocycles. The maximum atomic E-state index is 12.2. The average Bonchev–Trinajstić information content (AvgIpc) is 2.07. The molecule has 0 aliphatic heterocycles. The molecule has 0 unspecified atom stereocenters. The van der Waals surface area contributed by atoms with Gasteiger partial charge in [-0.1, -0.05) is 23.2 Å². The molecule has 0 saturated carbocycles. The van der Waals surface area contributed by atoms with Crippen LogP contribution in [0, 0.1) is 0 Å². The van der Waals surface area contributed by atoms with Crippen LogP contribution in [0.25, 0.3) is 0 Å². The highest BCUT2D eigenvalue weighted by Gasteiger charge is 2.34. The van der Waals surface area contributed by atoms with Gasteiger partial charge >= 0.3 is 6.18 Å². The van der Waals surface area contributed by atoms with Crippen molar-refractivity contribution in [3.8, 4) is 0 Å². The highest BCUT2D eigenvalue weighted by Crippen LogP contribution is 2.38. The van der Waals surface area contributed by atoms with Crippen LogP contribution in [0.1, 0.15) is 5.69 Å². The summed E-state index contributed by atoms with van der Waals surface area (Å²) in [5.41, 5.74) is -1.12. The normalized spacial score (nSPS) is 11.9. The van der Waals surface area contributed by atoms with E-state index in [0.717, 1.165) is 6.07 Å². The molecule has 78 valence electrons. The summed E-state index contributed by atoms with van der Waals surface area (Å²) in [7, 11) is 5.86. The number of aromatic nitrogens is 1. The van der Waals surface area contributed by atoms with Gasteiger partial charge in [0.05, 0.1) is 5.02 Å². The van der Waals surface area contributed by atoms with Gasteiger partial charge in [0.15, 0.2) is 0 Å². The minimum atomic E-state index is -4.56. The van der Waals surface area contributed by atoms with E-state index in [-0.39, 0.29) is 9.92 Å². The maximum absolute atomic E-state index is 12.2. The summed E-state index contributed by atoms with van der Waals surface area (Å²) in [6.45, 7) is 0. The van der Waals surface area contributed by atoms with Crippen LogP contribution in [0.5, 0.6) is 0 Å². The Labute approximate surface area is 96.0 Å². The lowest BCUT2D eigenvalue weighted by atomic mass is 10.3. The fourth-order valence-electron chi connectivity index (χ4n) is 0.678. The monoisotopic (exact) mass is 281 g/mol. The molecule has 14 heavy (non-hydrogen) atoms. The molecule has 1 nitrogen and oxygen atoms in total. The molecule has 0 bridgehead atoms. The van der Waals surface area contributed by atoms with E-state index in [1.54, 1.807) is 0 Å². The predicted octanol–water partition coefficient (Wildman–Crippen LogP) is 4.65. The molecule has 0 aliphatic carbocycles. The third kappa shape index (κ3) is 2.59. The first-order chi connectivity index (χ1) is 6.36. The number of pyridine rings is 1. The first-order valence-electron chi connectivity index (χ1n) is 3.08. The number of rotatable bonds is 1. The summed E-state index contributed by atoms with van der Waals surface area (Å²) in [6, 6.07) is 0.742. The Bertz CT molecular complexity index is 355. The van der Waals surface area contributed by atoms with Gasteiger partial charge in [-0.2, -0.15) is 13.2 Å². The van der Waals surface area contributed by atoms with E-state index in [0.29, 0.717) is 11.0 Å². The molecule has 0 spiro atoms. The van der Waals surface area contributed by atoms with Crippen LogP contribution in [0.15, 0.2) is 11.0 Å². The Hall–Kier alpha value is 0.160. The Morgan fingerprint density at radius 3 is 2.29 bits per heavy atom.